The fourth-order valence-electron chi connectivity index (χ4n) is 3.58. The number of rotatable bonds is 17. The lowest BCUT2D eigenvalue weighted by Crippen LogP contribution is -2.26. The molecule has 2 heteroatoms. The highest BCUT2D eigenvalue weighted by atomic mass is 79.9. The number of nitrogens with zero attached hydrogens (tertiary/aromatic N) is 1. The second-order valence-electron chi connectivity index (χ2n) is 7.68. The number of unbranched alkanes of at least 4 members (excludes halogenated alkanes) is 12. The highest BCUT2D eigenvalue weighted by Crippen LogP contribution is 2.26. The quantitative estimate of drug-likeness (QED) is 0.226. The van der Waals surface area contributed by atoms with E-state index in [1.165, 1.54) is 113 Å². The molecular formula is C24H42BrN. The molecule has 0 aliphatic rings. The Kier molecular flexibility index (Phi) is 15.1. The van der Waals surface area contributed by atoms with E-state index < -0.39 is 0 Å². The molecule has 0 amide bonds. The van der Waals surface area contributed by atoms with E-state index >= 15 is 0 Å². The van der Waals surface area contributed by atoms with Gasteiger partial charge in [0.1, 0.15) is 0 Å². The van der Waals surface area contributed by atoms with Gasteiger partial charge in [0.15, 0.2) is 0 Å². The molecule has 0 unspecified atom stereocenters. The molecular weight excluding hydrogens is 382 g/mol. The van der Waals surface area contributed by atoms with Crippen molar-refractivity contribution in [3.05, 3.63) is 28.7 Å². The topological polar surface area (TPSA) is 3.24 Å². The maximum atomic E-state index is 3.76. The molecule has 0 fully saturated rings. The van der Waals surface area contributed by atoms with Crippen molar-refractivity contribution in [1.29, 1.82) is 0 Å². The van der Waals surface area contributed by atoms with Crippen molar-refractivity contribution in [2.24, 2.45) is 0 Å². The maximum absolute atomic E-state index is 3.76. The summed E-state index contributed by atoms with van der Waals surface area (Å²) in [5.41, 5.74) is 1.38. The number of hydrogen-bond acceptors (Lipinski definition) is 1. The summed E-state index contributed by atoms with van der Waals surface area (Å²) in [5.74, 6) is 0. The molecule has 1 aromatic rings. The van der Waals surface area contributed by atoms with Gasteiger partial charge in [-0.05, 0) is 40.9 Å². The van der Waals surface area contributed by atoms with Crippen LogP contribution in [0.1, 0.15) is 104 Å². The molecule has 0 aromatic heterocycles. The minimum absolute atomic E-state index is 1.20. The van der Waals surface area contributed by atoms with Crippen molar-refractivity contribution in [3.63, 3.8) is 0 Å². The summed E-state index contributed by atoms with van der Waals surface area (Å²) in [6, 6.07) is 8.74. The van der Waals surface area contributed by atoms with Gasteiger partial charge in [-0.15, -0.1) is 0 Å². The Balaban J connectivity index is 2.32. The van der Waals surface area contributed by atoms with Crippen LogP contribution in [-0.2, 0) is 0 Å². The molecule has 1 aromatic carbocycles. The third kappa shape index (κ3) is 11.3. The Hall–Kier alpha value is -0.500. The molecule has 0 spiro atoms. The highest BCUT2D eigenvalue weighted by Gasteiger charge is 2.09. The van der Waals surface area contributed by atoms with E-state index in [2.05, 4.69) is 58.9 Å². The van der Waals surface area contributed by atoms with Crippen molar-refractivity contribution in [1.82, 2.24) is 0 Å². The number of para-hydroxylation sites is 1. The smallest absolute Gasteiger partial charge is 0.0510 e. The van der Waals surface area contributed by atoms with E-state index in [-0.39, 0.29) is 0 Å². The first-order valence-electron chi connectivity index (χ1n) is 11.3. The van der Waals surface area contributed by atoms with Crippen LogP contribution < -0.4 is 4.90 Å². The molecule has 0 heterocycles. The van der Waals surface area contributed by atoms with Crippen LogP contribution in [0.5, 0.6) is 0 Å². The molecule has 0 saturated heterocycles. The lowest BCUT2D eigenvalue weighted by molar-refractivity contribution is 0.563. The maximum Gasteiger partial charge on any atom is 0.0510 e. The van der Waals surface area contributed by atoms with Crippen LogP contribution in [0.15, 0.2) is 28.7 Å². The Bertz CT molecular complexity index is 414. The summed E-state index contributed by atoms with van der Waals surface area (Å²) in [6.07, 6.45) is 19.4. The number of halogens is 1. The van der Waals surface area contributed by atoms with E-state index in [0.717, 1.165) is 0 Å². The molecule has 0 radical (unpaired) electrons. The monoisotopic (exact) mass is 423 g/mol. The first kappa shape index (κ1) is 23.5. The summed E-state index contributed by atoms with van der Waals surface area (Å²) in [7, 11) is 0. The summed E-state index contributed by atoms with van der Waals surface area (Å²) in [5, 5.41) is 0. The van der Waals surface area contributed by atoms with Crippen molar-refractivity contribution in [2.75, 3.05) is 18.0 Å². The highest BCUT2D eigenvalue weighted by molar-refractivity contribution is 9.10. The molecule has 0 aliphatic heterocycles. The van der Waals surface area contributed by atoms with Gasteiger partial charge >= 0.3 is 0 Å². The van der Waals surface area contributed by atoms with Gasteiger partial charge in [-0.2, -0.15) is 0 Å². The molecule has 0 N–H and O–H groups in total. The summed E-state index contributed by atoms with van der Waals surface area (Å²) >= 11 is 3.76. The minimum Gasteiger partial charge on any atom is -0.371 e. The first-order valence-corrected chi connectivity index (χ1v) is 12.1. The van der Waals surface area contributed by atoms with Gasteiger partial charge in [0.2, 0.25) is 0 Å². The predicted molar refractivity (Wildman–Crippen MR) is 122 cm³/mol. The van der Waals surface area contributed by atoms with E-state index in [1.807, 2.05) is 0 Å². The van der Waals surface area contributed by atoms with Crippen LogP contribution in [0.2, 0.25) is 0 Å². The fourth-order valence-corrected chi connectivity index (χ4v) is 4.12. The van der Waals surface area contributed by atoms with Crippen LogP contribution in [0.3, 0.4) is 0 Å². The number of benzene rings is 1. The van der Waals surface area contributed by atoms with Gasteiger partial charge in [0, 0.05) is 17.6 Å². The van der Waals surface area contributed by atoms with Crippen molar-refractivity contribution >= 4 is 21.6 Å². The standard InChI is InChI=1S/C24H42BrN/c1-3-5-7-9-11-13-17-21-26(24-20-16-15-19-23(24)25)22-18-14-12-10-8-6-4-2/h15-16,19-20H,3-14,17-18,21-22H2,1-2H3. The van der Waals surface area contributed by atoms with Crippen LogP contribution >= 0.6 is 15.9 Å². The Labute approximate surface area is 172 Å². The summed E-state index contributed by atoms with van der Waals surface area (Å²) < 4.78 is 1.24. The fraction of sp³-hybridized carbons (Fsp3) is 0.750. The molecule has 1 rings (SSSR count). The van der Waals surface area contributed by atoms with E-state index in [0.29, 0.717) is 0 Å². The lowest BCUT2D eigenvalue weighted by atomic mass is 10.1. The van der Waals surface area contributed by atoms with Crippen LogP contribution in [0.4, 0.5) is 5.69 Å². The Morgan fingerprint density at radius 1 is 0.615 bits per heavy atom. The van der Waals surface area contributed by atoms with Gasteiger partial charge in [0.05, 0.1) is 5.69 Å². The average Bonchev–Trinajstić information content (AvgIpc) is 2.65. The zero-order valence-corrected chi connectivity index (χ0v) is 19.0. The molecule has 0 atom stereocenters. The Morgan fingerprint density at radius 3 is 1.50 bits per heavy atom. The summed E-state index contributed by atoms with van der Waals surface area (Å²) in [6.45, 7) is 6.98. The molecule has 0 bridgehead atoms. The second-order valence-corrected chi connectivity index (χ2v) is 8.54. The van der Waals surface area contributed by atoms with E-state index in [9.17, 15) is 0 Å². The molecule has 1 nitrogen and oxygen atoms in total. The number of anilines is 1. The molecule has 26 heavy (non-hydrogen) atoms. The van der Waals surface area contributed by atoms with Crippen molar-refractivity contribution in [3.8, 4) is 0 Å². The normalized spacial score (nSPS) is 11.0. The zero-order chi connectivity index (χ0) is 18.9. The third-order valence-electron chi connectivity index (χ3n) is 5.26. The summed E-state index contributed by atoms with van der Waals surface area (Å²) in [4.78, 5) is 2.61. The Morgan fingerprint density at radius 2 is 1.04 bits per heavy atom. The predicted octanol–water partition coefficient (Wildman–Crippen LogP) is 8.76. The minimum atomic E-state index is 1.20. The van der Waals surface area contributed by atoms with Crippen molar-refractivity contribution in [2.45, 2.75) is 104 Å². The van der Waals surface area contributed by atoms with Gasteiger partial charge < -0.3 is 4.90 Å². The molecule has 0 aliphatic carbocycles. The molecule has 150 valence electrons. The van der Waals surface area contributed by atoms with E-state index in [1.54, 1.807) is 0 Å². The average molecular weight is 425 g/mol. The van der Waals surface area contributed by atoms with Crippen LogP contribution in [0.25, 0.3) is 0 Å². The second kappa shape index (κ2) is 16.7. The lowest BCUT2D eigenvalue weighted by Gasteiger charge is -2.26. The van der Waals surface area contributed by atoms with Crippen LogP contribution in [-0.4, -0.2) is 13.1 Å². The number of hydrogen-bond donors (Lipinski definition) is 0. The third-order valence-corrected chi connectivity index (χ3v) is 5.93. The van der Waals surface area contributed by atoms with Gasteiger partial charge in [-0.1, -0.05) is 103 Å². The molecule has 0 saturated carbocycles. The largest absolute Gasteiger partial charge is 0.371 e. The van der Waals surface area contributed by atoms with Gasteiger partial charge in [-0.25, -0.2) is 0 Å². The van der Waals surface area contributed by atoms with Crippen LogP contribution in [0, 0.1) is 0 Å². The van der Waals surface area contributed by atoms with Gasteiger partial charge in [0.25, 0.3) is 0 Å². The zero-order valence-electron chi connectivity index (χ0n) is 17.4. The van der Waals surface area contributed by atoms with Gasteiger partial charge in [-0.3, -0.25) is 0 Å². The van der Waals surface area contributed by atoms with Crippen molar-refractivity contribution < 1.29 is 0 Å². The SMILES string of the molecule is CCCCCCCCCN(CCCCCCCCC)c1ccccc1Br. The van der Waals surface area contributed by atoms with E-state index in [4.69, 9.17) is 0 Å². The first-order chi connectivity index (χ1) is 12.8.